The maximum atomic E-state index is 10.3. The Labute approximate surface area is 73.3 Å². The first kappa shape index (κ1) is 10.1. The van der Waals surface area contributed by atoms with E-state index in [9.17, 15) is 4.79 Å². The van der Waals surface area contributed by atoms with Gasteiger partial charge in [0.1, 0.15) is 0 Å². The molecule has 0 amide bonds. The summed E-state index contributed by atoms with van der Waals surface area (Å²) in [5.41, 5.74) is 0.836. The van der Waals surface area contributed by atoms with Crippen molar-refractivity contribution in [2.75, 3.05) is 19.0 Å². The van der Waals surface area contributed by atoms with Crippen LogP contribution < -0.4 is 0 Å². The quantitative estimate of drug-likeness (QED) is 0.415. The van der Waals surface area contributed by atoms with Gasteiger partial charge in [0.15, 0.2) is 0 Å². The maximum Gasteiger partial charge on any atom is 0.245 e. The Kier molecular flexibility index (Phi) is 5.97. The summed E-state index contributed by atoms with van der Waals surface area (Å²) in [4.78, 5) is 10.3. The third-order valence-corrected chi connectivity index (χ3v) is 1.65. The molecule has 0 heterocycles. The highest BCUT2D eigenvalue weighted by molar-refractivity contribution is 9.09. The molecule has 0 aliphatic carbocycles. The Balaban J connectivity index is 3.91. The van der Waals surface area contributed by atoms with Crippen molar-refractivity contribution in [2.45, 2.75) is 0 Å². The molecular weight excluding hydrogens is 219 g/mol. The van der Waals surface area contributed by atoms with Crippen LogP contribution in [-0.2, 0) is 9.53 Å². The Morgan fingerprint density at radius 2 is 2.40 bits per heavy atom. The topological polar surface area (TPSA) is 26.3 Å². The van der Waals surface area contributed by atoms with Gasteiger partial charge in [-0.2, -0.15) is 0 Å². The molecule has 0 unspecified atom stereocenters. The van der Waals surface area contributed by atoms with Crippen LogP contribution in [0.5, 0.6) is 0 Å². The van der Waals surface area contributed by atoms with Gasteiger partial charge in [0.25, 0.3) is 0 Å². The van der Waals surface area contributed by atoms with Gasteiger partial charge in [-0.15, -0.1) is 0 Å². The second kappa shape index (κ2) is 5.89. The number of carbonyl (C=O) groups is 1. The molecule has 0 radical (unpaired) electrons. The average molecular weight is 227 g/mol. The minimum Gasteiger partial charge on any atom is -0.380 e. The second-order valence-electron chi connectivity index (χ2n) is 1.67. The fraction of sp³-hybridized carbons (Fsp3) is 0.500. The summed E-state index contributed by atoms with van der Waals surface area (Å²) in [5.74, 6) is 0. The standard InChI is InChI=1S/C6H8BrClO2/c1-10-4-5(3-7)2-6(8)9/h2H,3-4H2,1H3/b5-2+. The largest absolute Gasteiger partial charge is 0.380 e. The van der Waals surface area contributed by atoms with E-state index in [1.54, 1.807) is 7.11 Å². The molecule has 0 aliphatic rings. The number of methoxy groups -OCH3 is 1. The van der Waals surface area contributed by atoms with Crippen molar-refractivity contribution < 1.29 is 9.53 Å². The molecule has 0 spiro atoms. The third kappa shape index (κ3) is 4.97. The summed E-state index contributed by atoms with van der Waals surface area (Å²) in [7, 11) is 1.56. The van der Waals surface area contributed by atoms with Gasteiger partial charge < -0.3 is 4.74 Å². The molecule has 10 heavy (non-hydrogen) atoms. The van der Waals surface area contributed by atoms with Crippen molar-refractivity contribution in [1.29, 1.82) is 0 Å². The molecule has 0 aromatic carbocycles. The number of carbonyl (C=O) groups excluding carboxylic acids is 1. The number of alkyl halides is 1. The molecule has 58 valence electrons. The number of hydrogen-bond acceptors (Lipinski definition) is 2. The molecule has 2 nitrogen and oxygen atoms in total. The van der Waals surface area contributed by atoms with Crippen LogP contribution in [0.3, 0.4) is 0 Å². The fourth-order valence-electron chi connectivity index (χ4n) is 0.465. The zero-order valence-electron chi connectivity index (χ0n) is 5.56. The minimum absolute atomic E-state index is 0.434. The first-order valence-corrected chi connectivity index (χ1v) is 4.14. The van der Waals surface area contributed by atoms with E-state index in [0.717, 1.165) is 5.57 Å². The predicted octanol–water partition coefficient (Wildman–Crippen LogP) is 1.72. The zero-order chi connectivity index (χ0) is 7.98. The van der Waals surface area contributed by atoms with E-state index in [1.165, 1.54) is 6.08 Å². The van der Waals surface area contributed by atoms with E-state index in [1.807, 2.05) is 0 Å². The summed E-state index contributed by atoms with van der Waals surface area (Å²) in [6.45, 7) is 0.434. The summed E-state index contributed by atoms with van der Waals surface area (Å²) >= 11 is 8.28. The second-order valence-corrected chi connectivity index (χ2v) is 2.61. The summed E-state index contributed by atoms with van der Waals surface area (Å²) in [6.07, 6.45) is 1.35. The van der Waals surface area contributed by atoms with Crippen LogP contribution in [0.2, 0.25) is 0 Å². The first-order valence-electron chi connectivity index (χ1n) is 2.64. The normalized spacial score (nSPS) is 11.7. The van der Waals surface area contributed by atoms with Crippen LogP contribution in [-0.4, -0.2) is 24.3 Å². The highest BCUT2D eigenvalue weighted by atomic mass is 79.9. The van der Waals surface area contributed by atoms with Crippen molar-refractivity contribution in [3.8, 4) is 0 Å². The molecule has 0 aromatic heterocycles. The van der Waals surface area contributed by atoms with Crippen LogP contribution >= 0.6 is 27.5 Å². The summed E-state index contributed by atoms with van der Waals surface area (Å²) < 4.78 is 4.79. The Morgan fingerprint density at radius 1 is 1.80 bits per heavy atom. The van der Waals surface area contributed by atoms with E-state index >= 15 is 0 Å². The smallest absolute Gasteiger partial charge is 0.245 e. The fourth-order valence-corrected chi connectivity index (χ4v) is 0.943. The lowest BCUT2D eigenvalue weighted by atomic mass is 10.3. The number of rotatable bonds is 4. The average Bonchev–Trinajstić information content (AvgIpc) is 1.86. The number of ether oxygens (including phenoxy) is 1. The molecular formula is C6H8BrClO2. The molecule has 0 atom stereocenters. The maximum absolute atomic E-state index is 10.3. The van der Waals surface area contributed by atoms with Gasteiger partial charge >= 0.3 is 0 Å². The van der Waals surface area contributed by atoms with E-state index in [0.29, 0.717) is 11.9 Å². The minimum atomic E-state index is -0.466. The van der Waals surface area contributed by atoms with Crippen LogP contribution in [0, 0.1) is 0 Å². The van der Waals surface area contributed by atoms with Crippen LogP contribution in [0.1, 0.15) is 0 Å². The van der Waals surface area contributed by atoms with E-state index < -0.39 is 5.24 Å². The lowest BCUT2D eigenvalue weighted by molar-refractivity contribution is -0.107. The van der Waals surface area contributed by atoms with Crippen LogP contribution in [0.4, 0.5) is 0 Å². The Hall–Kier alpha value is 0.140. The SMILES string of the molecule is COC/C(=C/C(=O)Cl)CBr. The number of hydrogen-bond donors (Lipinski definition) is 0. The van der Waals surface area contributed by atoms with E-state index in [2.05, 4.69) is 15.9 Å². The van der Waals surface area contributed by atoms with Crippen LogP contribution in [0.25, 0.3) is 0 Å². The zero-order valence-corrected chi connectivity index (χ0v) is 7.91. The molecule has 4 heteroatoms. The lowest BCUT2D eigenvalue weighted by Crippen LogP contribution is -1.97. The molecule has 0 fully saturated rings. The van der Waals surface area contributed by atoms with Crippen molar-refractivity contribution in [3.63, 3.8) is 0 Å². The molecule has 0 saturated carbocycles. The van der Waals surface area contributed by atoms with Gasteiger partial charge in [0.2, 0.25) is 5.24 Å². The predicted molar refractivity (Wildman–Crippen MR) is 44.6 cm³/mol. The molecule has 0 rings (SSSR count). The first-order chi connectivity index (χ1) is 4.70. The van der Waals surface area contributed by atoms with E-state index in [4.69, 9.17) is 16.3 Å². The monoisotopic (exact) mass is 226 g/mol. The number of halogens is 2. The Bertz CT molecular complexity index is 145. The van der Waals surface area contributed by atoms with Gasteiger partial charge in [0.05, 0.1) is 6.61 Å². The van der Waals surface area contributed by atoms with Crippen LogP contribution in [0.15, 0.2) is 11.6 Å². The van der Waals surface area contributed by atoms with Gasteiger partial charge in [-0.3, -0.25) is 4.79 Å². The molecule has 0 saturated heterocycles. The molecule has 0 aromatic rings. The highest BCUT2D eigenvalue weighted by Gasteiger charge is 1.96. The molecule has 0 N–H and O–H groups in total. The Morgan fingerprint density at radius 3 is 2.70 bits per heavy atom. The summed E-state index contributed by atoms with van der Waals surface area (Å²) in [6, 6.07) is 0. The number of allylic oxidation sites excluding steroid dienone is 1. The highest BCUT2D eigenvalue weighted by Crippen LogP contribution is 2.01. The van der Waals surface area contributed by atoms with Gasteiger partial charge in [-0.05, 0) is 23.3 Å². The van der Waals surface area contributed by atoms with Crippen molar-refractivity contribution >= 4 is 32.8 Å². The van der Waals surface area contributed by atoms with Gasteiger partial charge in [0, 0.05) is 12.4 Å². The third-order valence-electron chi connectivity index (χ3n) is 0.819. The van der Waals surface area contributed by atoms with Crippen molar-refractivity contribution in [1.82, 2.24) is 0 Å². The molecule has 0 bridgehead atoms. The summed E-state index contributed by atoms with van der Waals surface area (Å²) in [5, 5.41) is 0.144. The van der Waals surface area contributed by atoms with Gasteiger partial charge in [-0.25, -0.2) is 0 Å². The lowest BCUT2D eigenvalue weighted by Gasteiger charge is -1.98. The van der Waals surface area contributed by atoms with Crippen molar-refractivity contribution in [3.05, 3.63) is 11.6 Å². The van der Waals surface area contributed by atoms with Gasteiger partial charge in [-0.1, -0.05) is 15.9 Å². The van der Waals surface area contributed by atoms with E-state index in [-0.39, 0.29) is 0 Å². The van der Waals surface area contributed by atoms with Crippen molar-refractivity contribution in [2.24, 2.45) is 0 Å². The molecule has 0 aliphatic heterocycles.